The third-order valence-electron chi connectivity index (χ3n) is 17.3. The molecule has 0 saturated carbocycles. The molecule has 388 valence electrons. The molecular weight excluding hydrogens is 944 g/mol. The van der Waals surface area contributed by atoms with Gasteiger partial charge in [-0.1, -0.05) is 213 Å². The Labute approximate surface area is 463 Å². The van der Waals surface area contributed by atoms with Gasteiger partial charge >= 0.3 is 0 Å². The van der Waals surface area contributed by atoms with Gasteiger partial charge in [-0.15, -0.1) is 0 Å². The first kappa shape index (κ1) is 50.0. The van der Waals surface area contributed by atoms with Crippen molar-refractivity contribution in [2.24, 2.45) is 0 Å². The molecule has 13 rings (SSSR count). The zero-order valence-corrected chi connectivity index (χ0v) is 48.5. The number of hydrogen-bond donors (Lipinski definition) is 0. The molecule has 0 fully saturated rings. The van der Waals surface area contributed by atoms with E-state index in [1.165, 1.54) is 121 Å². The van der Waals surface area contributed by atoms with Crippen LogP contribution in [0.2, 0.25) is 0 Å². The number of para-hydroxylation sites is 2. The van der Waals surface area contributed by atoms with Crippen molar-refractivity contribution >= 4 is 66.7 Å². The molecule has 3 nitrogen and oxygen atoms in total. The highest BCUT2D eigenvalue weighted by Gasteiger charge is 2.42. The molecule has 0 atom stereocenters. The maximum Gasteiger partial charge on any atom is 0.256 e. The van der Waals surface area contributed by atoms with Crippen LogP contribution in [0.25, 0.3) is 88.4 Å². The standard InChI is InChI=1S/C74H73BN2O/c1-70(2,3)49-27-23-44(24-28-49)46-35-47(45-25-29-50(30-26-45)71(4,5)6)37-48(36-46)55-20-18-21-57-56-19-16-17-22-62(56)76(68(55)57)54-42-64-67-66(43-54)78-65-34-32-52(73(10,11)12)40-60(65)75(67)61-41-53(74(13,14)15)39-59-58-38-51(72(7,8)9)31-33-63(58)77(64)69(59)61/h16-43H,1-15H3. The second kappa shape index (κ2) is 17.0. The number of ether oxygens (including phenoxy) is 1. The average Bonchev–Trinajstić information content (AvgIpc) is 3.71. The lowest BCUT2D eigenvalue weighted by atomic mass is 9.34. The van der Waals surface area contributed by atoms with Gasteiger partial charge in [0, 0.05) is 44.4 Å². The lowest BCUT2D eigenvalue weighted by Crippen LogP contribution is -2.58. The second-order valence-corrected chi connectivity index (χ2v) is 28.0. The Morgan fingerprint density at radius 1 is 0.333 bits per heavy atom. The minimum atomic E-state index is -0.0722. The smallest absolute Gasteiger partial charge is 0.256 e. The molecule has 2 aliphatic rings. The molecule has 4 heterocycles. The lowest BCUT2D eigenvalue weighted by Gasteiger charge is -2.35. The van der Waals surface area contributed by atoms with Gasteiger partial charge < -0.3 is 13.9 Å². The van der Waals surface area contributed by atoms with Gasteiger partial charge in [-0.05, 0) is 154 Å². The van der Waals surface area contributed by atoms with Crippen LogP contribution >= 0.6 is 0 Å². The molecule has 0 unspecified atom stereocenters. The molecule has 0 radical (unpaired) electrons. The van der Waals surface area contributed by atoms with Crippen molar-refractivity contribution in [2.45, 2.75) is 131 Å². The number of hydrogen-bond acceptors (Lipinski definition) is 1. The minimum Gasteiger partial charge on any atom is -0.458 e. The van der Waals surface area contributed by atoms with Crippen LogP contribution in [-0.4, -0.2) is 15.8 Å². The topological polar surface area (TPSA) is 19.1 Å². The first-order chi connectivity index (χ1) is 36.8. The van der Waals surface area contributed by atoms with Crippen LogP contribution in [0.4, 0.5) is 0 Å². The zero-order valence-electron chi connectivity index (χ0n) is 48.5. The molecule has 2 aliphatic heterocycles. The molecule has 9 aromatic carbocycles. The molecular formula is C74H73BN2O. The van der Waals surface area contributed by atoms with Gasteiger partial charge in [0.25, 0.3) is 6.71 Å². The fraction of sp³-hybridized carbons (Fsp3) is 0.270. The van der Waals surface area contributed by atoms with Gasteiger partial charge in [-0.25, -0.2) is 0 Å². The van der Waals surface area contributed by atoms with Crippen LogP contribution in [0.1, 0.15) is 132 Å². The molecule has 0 amide bonds. The number of rotatable bonds is 4. The lowest BCUT2D eigenvalue weighted by molar-refractivity contribution is 0.486. The summed E-state index contributed by atoms with van der Waals surface area (Å²) in [5, 5.41) is 5.04. The quantitative estimate of drug-likeness (QED) is 0.161. The van der Waals surface area contributed by atoms with E-state index in [9.17, 15) is 0 Å². The molecule has 0 bridgehead atoms. The number of nitrogens with zero attached hydrogens (tertiary/aromatic N) is 2. The summed E-state index contributed by atoms with van der Waals surface area (Å²) >= 11 is 0. The molecule has 0 saturated heterocycles. The summed E-state index contributed by atoms with van der Waals surface area (Å²) in [5.41, 5.74) is 24.7. The highest BCUT2D eigenvalue weighted by Crippen LogP contribution is 2.46. The summed E-state index contributed by atoms with van der Waals surface area (Å²) in [6.45, 7) is 34.7. The third-order valence-corrected chi connectivity index (χ3v) is 17.3. The van der Waals surface area contributed by atoms with E-state index in [-0.39, 0.29) is 33.8 Å². The predicted molar refractivity (Wildman–Crippen MR) is 336 cm³/mol. The van der Waals surface area contributed by atoms with Gasteiger partial charge in [0.2, 0.25) is 0 Å². The summed E-state index contributed by atoms with van der Waals surface area (Å²) < 4.78 is 12.5. The highest BCUT2D eigenvalue weighted by molar-refractivity contribution is 6.99. The largest absolute Gasteiger partial charge is 0.458 e. The van der Waals surface area contributed by atoms with Crippen molar-refractivity contribution in [1.82, 2.24) is 9.13 Å². The van der Waals surface area contributed by atoms with Gasteiger partial charge in [0.15, 0.2) is 0 Å². The van der Waals surface area contributed by atoms with E-state index in [4.69, 9.17) is 4.74 Å². The fourth-order valence-corrected chi connectivity index (χ4v) is 12.7. The van der Waals surface area contributed by atoms with E-state index >= 15 is 0 Å². The van der Waals surface area contributed by atoms with Gasteiger partial charge in [0.05, 0.1) is 22.2 Å². The van der Waals surface area contributed by atoms with E-state index < -0.39 is 0 Å². The Kier molecular flexibility index (Phi) is 10.9. The summed E-state index contributed by atoms with van der Waals surface area (Å²) in [6, 6.07) is 65.7. The van der Waals surface area contributed by atoms with E-state index in [0.717, 1.165) is 22.7 Å². The Morgan fingerprint density at radius 3 is 1.46 bits per heavy atom. The summed E-state index contributed by atoms with van der Waals surface area (Å²) in [6.07, 6.45) is 0. The van der Waals surface area contributed by atoms with Crippen molar-refractivity contribution in [1.29, 1.82) is 0 Å². The Morgan fingerprint density at radius 2 is 0.846 bits per heavy atom. The molecule has 0 aliphatic carbocycles. The van der Waals surface area contributed by atoms with Gasteiger partial charge in [0.1, 0.15) is 11.5 Å². The SMILES string of the molecule is CC(C)(C)c1ccc(-c2cc(-c3ccc(C(C)(C)C)cc3)cc(-c3cccc4c5ccccc5n(-c5cc6c7c(c5)-n5c8ccc(C(C)(C)C)cc8c8cc(C(C)(C)C)cc(c85)B7c5cc(C(C)(C)C)ccc5O6)c34)c2)cc1. The van der Waals surface area contributed by atoms with Crippen LogP contribution in [0, 0.1) is 0 Å². The highest BCUT2D eigenvalue weighted by atomic mass is 16.5. The molecule has 4 heteroatoms. The van der Waals surface area contributed by atoms with Crippen LogP contribution in [0.5, 0.6) is 11.5 Å². The first-order valence-electron chi connectivity index (χ1n) is 28.3. The summed E-state index contributed by atoms with van der Waals surface area (Å²) in [4.78, 5) is 0. The van der Waals surface area contributed by atoms with E-state index in [1.54, 1.807) is 0 Å². The van der Waals surface area contributed by atoms with Crippen LogP contribution in [0.15, 0.2) is 170 Å². The normalized spacial score (nSPS) is 13.7. The molecule has 2 aromatic heterocycles. The second-order valence-electron chi connectivity index (χ2n) is 28.0. The van der Waals surface area contributed by atoms with E-state index in [1.807, 2.05) is 0 Å². The molecule has 11 aromatic rings. The van der Waals surface area contributed by atoms with Gasteiger partial charge in [-0.3, -0.25) is 0 Å². The Bertz CT molecular complexity index is 4200. The van der Waals surface area contributed by atoms with Crippen LogP contribution < -0.4 is 21.1 Å². The zero-order chi connectivity index (χ0) is 54.7. The first-order valence-corrected chi connectivity index (χ1v) is 28.3. The number of aromatic nitrogens is 2. The minimum absolute atomic E-state index is 0.0185. The van der Waals surface area contributed by atoms with Crippen molar-refractivity contribution in [2.75, 3.05) is 0 Å². The third kappa shape index (κ3) is 7.99. The maximum absolute atomic E-state index is 7.39. The van der Waals surface area contributed by atoms with Gasteiger partial charge in [-0.2, -0.15) is 0 Å². The van der Waals surface area contributed by atoms with Crippen molar-refractivity contribution < 1.29 is 4.74 Å². The number of fused-ring (bicyclic) bond motifs is 10. The Balaban J connectivity index is 1.11. The van der Waals surface area contributed by atoms with Crippen molar-refractivity contribution in [3.05, 3.63) is 198 Å². The van der Waals surface area contributed by atoms with Crippen LogP contribution in [-0.2, 0) is 27.1 Å². The van der Waals surface area contributed by atoms with Crippen molar-refractivity contribution in [3.8, 4) is 56.3 Å². The van der Waals surface area contributed by atoms with Crippen LogP contribution in [0.3, 0.4) is 0 Å². The molecule has 78 heavy (non-hydrogen) atoms. The summed E-state index contributed by atoms with van der Waals surface area (Å²) in [5.74, 6) is 1.83. The summed E-state index contributed by atoms with van der Waals surface area (Å²) in [7, 11) is 0. The predicted octanol–water partition coefficient (Wildman–Crippen LogP) is 18.3. The van der Waals surface area contributed by atoms with E-state index in [0.29, 0.717) is 0 Å². The maximum atomic E-state index is 7.39. The van der Waals surface area contributed by atoms with E-state index in [2.05, 4.69) is 283 Å². The fourth-order valence-electron chi connectivity index (χ4n) is 12.7. The average molecular weight is 1020 g/mol. The van der Waals surface area contributed by atoms with Crippen molar-refractivity contribution in [3.63, 3.8) is 0 Å². The number of benzene rings is 9. The Hall–Kier alpha value is -7.56. The molecule has 0 N–H and O–H groups in total. The molecule has 0 spiro atoms. The monoisotopic (exact) mass is 1020 g/mol.